The molecule has 1 fully saturated rings. The highest BCUT2D eigenvalue weighted by Gasteiger charge is 2.21. The molecule has 22 heavy (non-hydrogen) atoms. The number of rotatable bonds is 6. The number of nitrogens with one attached hydrogen (secondary N) is 2. The molecule has 0 saturated carbocycles. The molecular weight excluding hydrogens is 331 g/mol. The molecule has 0 aliphatic carbocycles. The van der Waals surface area contributed by atoms with Gasteiger partial charge in [-0.1, -0.05) is 29.3 Å². The molecule has 0 bridgehead atoms. The van der Waals surface area contributed by atoms with Crippen molar-refractivity contribution in [2.24, 2.45) is 0 Å². The van der Waals surface area contributed by atoms with Gasteiger partial charge in [-0.2, -0.15) is 0 Å². The number of hydrogen-bond donors (Lipinski definition) is 3. The van der Waals surface area contributed by atoms with Gasteiger partial charge in [0, 0.05) is 13.1 Å². The van der Waals surface area contributed by atoms with E-state index >= 15 is 0 Å². The van der Waals surface area contributed by atoms with Crippen molar-refractivity contribution in [1.82, 2.24) is 10.6 Å². The SMILES string of the molecule is O=C(NC[C@H](O)COc1cccc(Cl)c1Cl)[C@@H]1COCCN1. The Labute approximate surface area is 138 Å². The van der Waals surface area contributed by atoms with E-state index in [-0.39, 0.29) is 25.1 Å². The van der Waals surface area contributed by atoms with Gasteiger partial charge in [0.2, 0.25) is 5.91 Å². The molecule has 3 N–H and O–H groups in total. The molecule has 2 rings (SSSR count). The van der Waals surface area contributed by atoms with E-state index in [9.17, 15) is 9.90 Å². The van der Waals surface area contributed by atoms with E-state index in [4.69, 9.17) is 32.7 Å². The van der Waals surface area contributed by atoms with Crippen molar-refractivity contribution in [3.63, 3.8) is 0 Å². The minimum absolute atomic E-state index is 0.00502. The first kappa shape index (κ1) is 17.3. The fourth-order valence-corrected chi connectivity index (χ4v) is 2.26. The molecule has 1 amide bonds. The van der Waals surface area contributed by atoms with Crippen LogP contribution in [0.1, 0.15) is 0 Å². The van der Waals surface area contributed by atoms with Crippen LogP contribution in [0.3, 0.4) is 0 Å². The summed E-state index contributed by atoms with van der Waals surface area (Å²) in [5.74, 6) is 0.182. The zero-order chi connectivity index (χ0) is 15.9. The summed E-state index contributed by atoms with van der Waals surface area (Å²) in [6.07, 6.45) is -0.858. The quantitative estimate of drug-likeness (QED) is 0.709. The second kappa shape index (κ2) is 8.55. The molecule has 1 aliphatic heterocycles. The van der Waals surface area contributed by atoms with Crippen LogP contribution in [0.15, 0.2) is 18.2 Å². The van der Waals surface area contributed by atoms with Gasteiger partial charge < -0.3 is 25.2 Å². The second-order valence-electron chi connectivity index (χ2n) is 4.84. The summed E-state index contributed by atoms with van der Waals surface area (Å²) in [7, 11) is 0. The summed E-state index contributed by atoms with van der Waals surface area (Å²) >= 11 is 11.8. The van der Waals surface area contributed by atoms with Gasteiger partial charge in [-0.15, -0.1) is 0 Å². The van der Waals surface area contributed by atoms with Crippen molar-refractivity contribution in [2.75, 3.05) is 32.9 Å². The maximum absolute atomic E-state index is 11.8. The number of aliphatic hydroxyl groups is 1. The third-order valence-corrected chi connectivity index (χ3v) is 3.90. The fraction of sp³-hybridized carbons (Fsp3) is 0.500. The minimum atomic E-state index is -0.858. The van der Waals surface area contributed by atoms with Crippen LogP contribution in [0.2, 0.25) is 10.0 Å². The third kappa shape index (κ3) is 5.00. The predicted octanol–water partition coefficient (Wildman–Crippen LogP) is 0.838. The lowest BCUT2D eigenvalue weighted by Gasteiger charge is -2.23. The monoisotopic (exact) mass is 348 g/mol. The number of aliphatic hydroxyl groups excluding tert-OH is 1. The van der Waals surface area contributed by atoms with Gasteiger partial charge in [0.15, 0.2) is 0 Å². The van der Waals surface area contributed by atoms with E-state index in [2.05, 4.69) is 10.6 Å². The van der Waals surface area contributed by atoms with E-state index in [0.29, 0.717) is 35.6 Å². The maximum Gasteiger partial charge on any atom is 0.239 e. The molecule has 0 radical (unpaired) electrons. The molecule has 1 aromatic carbocycles. The Morgan fingerprint density at radius 1 is 1.55 bits per heavy atom. The smallest absolute Gasteiger partial charge is 0.239 e. The predicted molar refractivity (Wildman–Crippen MR) is 83.6 cm³/mol. The number of benzene rings is 1. The molecule has 122 valence electrons. The van der Waals surface area contributed by atoms with E-state index < -0.39 is 6.10 Å². The van der Waals surface area contributed by atoms with Gasteiger partial charge in [0.1, 0.15) is 29.5 Å². The van der Waals surface area contributed by atoms with Crippen LogP contribution in [0.4, 0.5) is 0 Å². The Kier molecular flexibility index (Phi) is 6.72. The molecule has 0 unspecified atom stereocenters. The third-order valence-electron chi connectivity index (χ3n) is 3.10. The zero-order valence-corrected chi connectivity index (χ0v) is 13.4. The zero-order valence-electron chi connectivity index (χ0n) is 11.9. The molecule has 2 atom stereocenters. The summed E-state index contributed by atoms with van der Waals surface area (Å²) in [6, 6.07) is 4.62. The molecule has 1 aliphatic rings. The summed E-state index contributed by atoms with van der Waals surface area (Å²) in [5.41, 5.74) is 0. The minimum Gasteiger partial charge on any atom is -0.489 e. The fourth-order valence-electron chi connectivity index (χ4n) is 1.92. The molecule has 6 nitrogen and oxygen atoms in total. The first-order valence-electron chi connectivity index (χ1n) is 6.91. The van der Waals surface area contributed by atoms with Crippen LogP contribution < -0.4 is 15.4 Å². The number of carbonyl (C=O) groups is 1. The first-order valence-corrected chi connectivity index (χ1v) is 7.67. The molecule has 0 aromatic heterocycles. The van der Waals surface area contributed by atoms with Crippen molar-refractivity contribution >= 4 is 29.1 Å². The van der Waals surface area contributed by atoms with Crippen molar-refractivity contribution in [3.8, 4) is 5.75 Å². The highest BCUT2D eigenvalue weighted by molar-refractivity contribution is 6.42. The highest BCUT2D eigenvalue weighted by Crippen LogP contribution is 2.31. The normalized spacial score (nSPS) is 19.5. The van der Waals surface area contributed by atoms with Crippen LogP contribution >= 0.6 is 23.2 Å². The number of amides is 1. The van der Waals surface area contributed by atoms with Crippen molar-refractivity contribution in [1.29, 1.82) is 0 Å². The van der Waals surface area contributed by atoms with Gasteiger partial charge in [-0.05, 0) is 12.1 Å². The summed E-state index contributed by atoms with van der Waals surface area (Å²) in [4.78, 5) is 11.8. The lowest BCUT2D eigenvalue weighted by molar-refractivity contribution is -0.126. The van der Waals surface area contributed by atoms with E-state index in [1.165, 1.54) is 0 Å². The van der Waals surface area contributed by atoms with Crippen LogP contribution in [0, 0.1) is 0 Å². The molecule has 8 heteroatoms. The molecule has 1 aromatic rings. The highest BCUT2D eigenvalue weighted by atomic mass is 35.5. The topological polar surface area (TPSA) is 79.8 Å². The van der Waals surface area contributed by atoms with Crippen LogP contribution in [-0.2, 0) is 9.53 Å². The summed E-state index contributed by atoms with van der Waals surface area (Å²) < 4.78 is 10.6. The van der Waals surface area contributed by atoms with Gasteiger partial charge in [0.05, 0.1) is 18.2 Å². The average Bonchev–Trinajstić information content (AvgIpc) is 2.54. The molecular formula is C14H18Cl2N2O4. The average molecular weight is 349 g/mol. The van der Waals surface area contributed by atoms with Crippen LogP contribution in [-0.4, -0.2) is 56.1 Å². The number of ether oxygens (including phenoxy) is 2. The van der Waals surface area contributed by atoms with E-state index in [0.717, 1.165) is 0 Å². The van der Waals surface area contributed by atoms with Crippen molar-refractivity contribution < 1.29 is 19.4 Å². The number of carbonyl (C=O) groups excluding carboxylic acids is 1. The van der Waals surface area contributed by atoms with Gasteiger partial charge in [-0.25, -0.2) is 0 Å². The standard InChI is InChI=1S/C14H18Cl2N2O4/c15-10-2-1-3-12(13(10)16)22-7-9(19)6-18-14(20)11-8-21-5-4-17-11/h1-3,9,11,17,19H,4-8H2,(H,18,20)/t9-,11-/m0/s1. The lowest BCUT2D eigenvalue weighted by atomic mass is 10.2. The Morgan fingerprint density at radius 2 is 2.36 bits per heavy atom. The maximum atomic E-state index is 11.8. The summed E-state index contributed by atoms with van der Waals surface area (Å²) in [6.45, 7) is 1.64. The van der Waals surface area contributed by atoms with E-state index in [1.54, 1.807) is 18.2 Å². The van der Waals surface area contributed by atoms with Gasteiger partial charge in [0.25, 0.3) is 0 Å². The van der Waals surface area contributed by atoms with Crippen LogP contribution in [0.5, 0.6) is 5.75 Å². The van der Waals surface area contributed by atoms with Crippen LogP contribution in [0.25, 0.3) is 0 Å². The molecule has 0 spiro atoms. The van der Waals surface area contributed by atoms with Gasteiger partial charge in [-0.3, -0.25) is 4.79 Å². The first-order chi connectivity index (χ1) is 10.6. The molecule has 1 saturated heterocycles. The largest absolute Gasteiger partial charge is 0.489 e. The van der Waals surface area contributed by atoms with E-state index in [1.807, 2.05) is 0 Å². The Morgan fingerprint density at radius 3 is 3.09 bits per heavy atom. The lowest BCUT2D eigenvalue weighted by Crippen LogP contribution is -2.52. The van der Waals surface area contributed by atoms with Crippen molar-refractivity contribution in [2.45, 2.75) is 12.1 Å². The Bertz CT molecular complexity index is 510. The summed E-state index contributed by atoms with van der Waals surface area (Å²) in [5, 5.41) is 16.2. The number of hydrogen-bond acceptors (Lipinski definition) is 5. The molecule has 1 heterocycles. The number of halogens is 2. The Hall–Kier alpha value is -1.05. The Balaban J connectivity index is 1.72. The second-order valence-corrected chi connectivity index (χ2v) is 5.63. The van der Waals surface area contributed by atoms with Crippen molar-refractivity contribution in [3.05, 3.63) is 28.2 Å². The number of morpholine rings is 1. The van der Waals surface area contributed by atoms with Gasteiger partial charge >= 0.3 is 0 Å².